The Morgan fingerprint density at radius 3 is 2.50 bits per heavy atom. The zero-order chi connectivity index (χ0) is 21.6. The predicted molar refractivity (Wildman–Crippen MR) is 126 cm³/mol. The van der Waals surface area contributed by atoms with Gasteiger partial charge < -0.3 is 5.11 Å². The van der Waals surface area contributed by atoms with Crippen molar-refractivity contribution in [2.75, 3.05) is 0 Å². The van der Waals surface area contributed by atoms with Gasteiger partial charge in [-0.25, -0.2) is 4.98 Å². The minimum absolute atomic E-state index is 0.00777. The van der Waals surface area contributed by atoms with Crippen LogP contribution in [0.3, 0.4) is 0 Å². The number of pyridine rings is 1. The van der Waals surface area contributed by atoms with Crippen molar-refractivity contribution in [3.05, 3.63) is 51.5 Å². The molecule has 4 rings (SSSR count). The summed E-state index contributed by atoms with van der Waals surface area (Å²) >= 11 is 1.81. The lowest BCUT2D eigenvalue weighted by molar-refractivity contribution is -0.145. The van der Waals surface area contributed by atoms with Crippen LogP contribution in [0, 0.1) is 19.8 Å². The SMILES string of the molecule is CCC(C)C(C)(C(=O)O)c1c(C)nc2sc3c(c2c1-c1ccc(C)cc1)CCCC3. The molecule has 2 aromatic heterocycles. The Labute approximate surface area is 183 Å². The largest absolute Gasteiger partial charge is 0.481 e. The van der Waals surface area contributed by atoms with Gasteiger partial charge in [0.2, 0.25) is 0 Å². The van der Waals surface area contributed by atoms with Gasteiger partial charge >= 0.3 is 5.97 Å². The molecule has 30 heavy (non-hydrogen) atoms. The summed E-state index contributed by atoms with van der Waals surface area (Å²) in [6.07, 6.45) is 5.39. The van der Waals surface area contributed by atoms with E-state index in [2.05, 4.69) is 45.0 Å². The highest BCUT2D eigenvalue weighted by atomic mass is 32.1. The van der Waals surface area contributed by atoms with Gasteiger partial charge in [-0.3, -0.25) is 4.79 Å². The fourth-order valence-electron chi connectivity index (χ4n) is 5.02. The maximum absolute atomic E-state index is 12.7. The minimum Gasteiger partial charge on any atom is -0.481 e. The van der Waals surface area contributed by atoms with Crippen molar-refractivity contribution >= 4 is 27.5 Å². The molecule has 1 N–H and O–H groups in total. The quantitative estimate of drug-likeness (QED) is 0.490. The molecule has 1 aliphatic rings. The van der Waals surface area contributed by atoms with Crippen LogP contribution >= 0.6 is 11.3 Å². The van der Waals surface area contributed by atoms with Gasteiger partial charge in [-0.2, -0.15) is 0 Å². The standard InChI is InChI=1S/C26H31NO2S/c1-6-16(3)26(5,25(28)29)23-17(4)27-24-22(19-9-7-8-10-20(19)30-24)21(23)18-13-11-15(2)12-14-18/h11-14,16H,6-10H2,1-5H3,(H,28,29). The van der Waals surface area contributed by atoms with Crippen LogP contribution < -0.4 is 0 Å². The van der Waals surface area contributed by atoms with E-state index in [0.29, 0.717) is 0 Å². The Morgan fingerprint density at radius 2 is 1.87 bits per heavy atom. The first-order valence-corrected chi connectivity index (χ1v) is 11.9. The summed E-state index contributed by atoms with van der Waals surface area (Å²) in [4.78, 5) is 20.3. The lowest BCUT2D eigenvalue weighted by Gasteiger charge is -2.35. The Bertz CT molecular complexity index is 1110. The van der Waals surface area contributed by atoms with Gasteiger partial charge in [0.15, 0.2) is 0 Å². The van der Waals surface area contributed by atoms with Crippen molar-refractivity contribution in [1.82, 2.24) is 4.98 Å². The first-order chi connectivity index (χ1) is 14.3. The van der Waals surface area contributed by atoms with Crippen molar-refractivity contribution in [1.29, 1.82) is 0 Å². The molecule has 1 aliphatic carbocycles. The summed E-state index contributed by atoms with van der Waals surface area (Å²) in [7, 11) is 0. The van der Waals surface area contributed by atoms with E-state index in [9.17, 15) is 9.90 Å². The number of nitrogens with zero attached hydrogens (tertiary/aromatic N) is 1. The monoisotopic (exact) mass is 421 g/mol. The molecule has 0 saturated heterocycles. The number of carbonyl (C=O) groups is 1. The van der Waals surface area contributed by atoms with Gasteiger partial charge in [-0.05, 0) is 74.6 Å². The average molecular weight is 422 g/mol. The molecule has 158 valence electrons. The molecule has 0 radical (unpaired) electrons. The zero-order valence-electron chi connectivity index (χ0n) is 18.6. The van der Waals surface area contributed by atoms with Crippen LogP contribution in [0.1, 0.15) is 67.3 Å². The third-order valence-electron chi connectivity index (χ3n) is 7.19. The molecule has 0 amide bonds. The number of carboxylic acids is 1. The summed E-state index contributed by atoms with van der Waals surface area (Å²) < 4.78 is 0. The number of hydrogen-bond donors (Lipinski definition) is 1. The third kappa shape index (κ3) is 3.17. The second-order valence-corrected chi connectivity index (χ2v) is 10.1. The highest BCUT2D eigenvalue weighted by Gasteiger charge is 2.44. The van der Waals surface area contributed by atoms with Gasteiger partial charge in [0.1, 0.15) is 4.83 Å². The lowest BCUT2D eigenvalue weighted by Crippen LogP contribution is -2.40. The molecule has 2 atom stereocenters. The average Bonchev–Trinajstić information content (AvgIpc) is 3.10. The maximum Gasteiger partial charge on any atom is 0.314 e. The Balaban J connectivity index is 2.17. The third-order valence-corrected chi connectivity index (χ3v) is 8.37. The Hall–Kier alpha value is -2.20. The predicted octanol–water partition coefficient (Wildman–Crippen LogP) is 6.85. The first-order valence-electron chi connectivity index (χ1n) is 11.0. The van der Waals surface area contributed by atoms with E-state index in [-0.39, 0.29) is 5.92 Å². The van der Waals surface area contributed by atoms with Crippen LogP contribution in [0.2, 0.25) is 0 Å². The van der Waals surface area contributed by atoms with Crippen LogP contribution in [0.25, 0.3) is 21.3 Å². The molecule has 4 heteroatoms. The topological polar surface area (TPSA) is 50.2 Å². The Morgan fingerprint density at radius 1 is 1.20 bits per heavy atom. The van der Waals surface area contributed by atoms with E-state index in [1.165, 1.54) is 34.2 Å². The Kier molecular flexibility index (Phi) is 5.48. The van der Waals surface area contributed by atoms with Gasteiger partial charge in [-0.1, -0.05) is 50.1 Å². The van der Waals surface area contributed by atoms with E-state index >= 15 is 0 Å². The number of carboxylic acid groups (broad SMARTS) is 1. The molecule has 2 unspecified atom stereocenters. The molecule has 0 saturated carbocycles. The molecule has 3 aromatic rings. The molecule has 1 aromatic carbocycles. The second-order valence-electron chi connectivity index (χ2n) is 9.02. The minimum atomic E-state index is -0.996. The summed E-state index contributed by atoms with van der Waals surface area (Å²) in [6.45, 7) is 10.1. The second kappa shape index (κ2) is 7.81. The van der Waals surface area contributed by atoms with E-state index < -0.39 is 11.4 Å². The van der Waals surface area contributed by atoms with Crippen molar-refractivity contribution in [2.45, 2.75) is 72.1 Å². The number of rotatable bonds is 5. The number of thiophene rings is 1. The number of aliphatic carboxylic acids is 1. The van der Waals surface area contributed by atoms with Gasteiger partial charge in [0, 0.05) is 16.0 Å². The van der Waals surface area contributed by atoms with Crippen molar-refractivity contribution in [3.63, 3.8) is 0 Å². The first kappa shape index (κ1) is 21.0. The van der Waals surface area contributed by atoms with Crippen LogP contribution in [0.15, 0.2) is 24.3 Å². The van der Waals surface area contributed by atoms with E-state index in [0.717, 1.165) is 46.5 Å². The summed E-state index contributed by atoms with van der Waals surface area (Å²) in [5.41, 5.74) is 5.56. The molecule has 3 nitrogen and oxygen atoms in total. The molecule has 0 bridgehead atoms. The maximum atomic E-state index is 12.7. The van der Waals surface area contributed by atoms with Gasteiger partial charge in [-0.15, -0.1) is 11.3 Å². The van der Waals surface area contributed by atoms with Crippen molar-refractivity contribution in [2.24, 2.45) is 5.92 Å². The van der Waals surface area contributed by atoms with Crippen LogP contribution in [-0.4, -0.2) is 16.1 Å². The van der Waals surface area contributed by atoms with Gasteiger partial charge in [0.05, 0.1) is 5.41 Å². The molecule has 0 spiro atoms. The number of hydrogen-bond acceptors (Lipinski definition) is 3. The zero-order valence-corrected chi connectivity index (χ0v) is 19.4. The lowest BCUT2D eigenvalue weighted by atomic mass is 9.68. The number of aromatic nitrogens is 1. The highest BCUT2D eigenvalue weighted by molar-refractivity contribution is 7.19. The van der Waals surface area contributed by atoms with Gasteiger partial charge in [0.25, 0.3) is 0 Å². The molecular formula is C26H31NO2S. The number of aryl methyl sites for hydroxylation is 4. The molecule has 0 fully saturated rings. The van der Waals surface area contributed by atoms with E-state index in [4.69, 9.17) is 4.98 Å². The highest BCUT2D eigenvalue weighted by Crippen LogP contribution is 2.48. The molecule has 0 aliphatic heterocycles. The summed E-state index contributed by atoms with van der Waals surface area (Å²) in [6, 6.07) is 8.55. The number of benzene rings is 1. The fourth-order valence-corrected chi connectivity index (χ4v) is 6.34. The number of fused-ring (bicyclic) bond motifs is 3. The van der Waals surface area contributed by atoms with E-state index in [1.54, 1.807) is 0 Å². The fraction of sp³-hybridized carbons (Fsp3) is 0.462. The van der Waals surface area contributed by atoms with Crippen molar-refractivity contribution in [3.8, 4) is 11.1 Å². The van der Waals surface area contributed by atoms with E-state index in [1.807, 2.05) is 25.2 Å². The summed E-state index contributed by atoms with van der Waals surface area (Å²) in [5, 5.41) is 11.7. The smallest absolute Gasteiger partial charge is 0.314 e. The normalized spacial score (nSPS) is 16.8. The van der Waals surface area contributed by atoms with Crippen LogP contribution in [-0.2, 0) is 23.1 Å². The van der Waals surface area contributed by atoms with Crippen molar-refractivity contribution < 1.29 is 9.90 Å². The van der Waals surface area contributed by atoms with Crippen LogP contribution in [0.5, 0.6) is 0 Å². The summed E-state index contributed by atoms with van der Waals surface area (Å²) in [5.74, 6) is -0.773. The molecule has 2 heterocycles. The molecular weight excluding hydrogens is 390 g/mol. The van der Waals surface area contributed by atoms with Crippen LogP contribution in [0.4, 0.5) is 0 Å².